The van der Waals surface area contributed by atoms with Crippen molar-refractivity contribution in [2.24, 2.45) is 0 Å². The molecule has 5 nitrogen and oxygen atoms in total. The molecule has 0 bridgehead atoms. The Morgan fingerprint density at radius 3 is 2.67 bits per heavy atom. The molecule has 0 aliphatic carbocycles. The summed E-state index contributed by atoms with van der Waals surface area (Å²) in [6.07, 6.45) is 1.15. The standard InChI is InChI=1S/C16H18O5/c17-15-7-6-11-12(20-15)8-13-14(19-11)9-18-16(21-13)10-4-2-1-3-5-10/h1-5,11-14,16H,6-9H2/t11-,12+,13-,14+,16?/m0/s1. The van der Waals surface area contributed by atoms with Crippen LogP contribution in [0.1, 0.15) is 31.1 Å². The molecule has 4 rings (SSSR count). The molecule has 0 N–H and O–H groups in total. The Morgan fingerprint density at radius 2 is 1.81 bits per heavy atom. The second kappa shape index (κ2) is 5.40. The zero-order valence-electron chi connectivity index (χ0n) is 11.6. The van der Waals surface area contributed by atoms with Crippen LogP contribution < -0.4 is 0 Å². The smallest absolute Gasteiger partial charge is 0.306 e. The van der Waals surface area contributed by atoms with Gasteiger partial charge in [-0.25, -0.2) is 0 Å². The van der Waals surface area contributed by atoms with E-state index in [0.717, 1.165) is 12.0 Å². The lowest BCUT2D eigenvalue weighted by atomic mass is 9.93. The van der Waals surface area contributed by atoms with Crippen molar-refractivity contribution in [3.05, 3.63) is 35.9 Å². The lowest BCUT2D eigenvalue weighted by Crippen LogP contribution is -2.55. The average molecular weight is 290 g/mol. The van der Waals surface area contributed by atoms with Gasteiger partial charge in [-0.3, -0.25) is 4.79 Å². The first-order valence-electron chi connectivity index (χ1n) is 7.46. The third kappa shape index (κ3) is 2.57. The summed E-state index contributed by atoms with van der Waals surface area (Å²) in [6.45, 7) is 0.515. The van der Waals surface area contributed by atoms with Gasteiger partial charge in [0.15, 0.2) is 6.29 Å². The molecule has 1 aromatic carbocycles. The Morgan fingerprint density at radius 1 is 0.952 bits per heavy atom. The van der Waals surface area contributed by atoms with Gasteiger partial charge in [0.05, 0.1) is 18.8 Å². The van der Waals surface area contributed by atoms with E-state index in [4.69, 9.17) is 18.9 Å². The summed E-state index contributed by atoms with van der Waals surface area (Å²) in [7, 11) is 0. The fourth-order valence-electron chi connectivity index (χ4n) is 3.25. The Bertz CT molecular complexity index is 517. The fraction of sp³-hybridized carbons (Fsp3) is 0.562. The van der Waals surface area contributed by atoms with Crippen LogP contribution in [0.5, 0.6) is 0 Å². The van der Waals surface area contributed by atoms with Crippen molar-refractivity contribution in [2.45, 2.75) is 50.0 Å². The topological polar surface area (TPSA) is 54.0 Å². The Labute approximate surface area is 123 Å². The normalized spacial score (nSPS) is 39.0. The summed E-state index contributed by atoms with van der Waals surface area (Å²) in [4.78, 5) is 11.4. The highest BCUT2D eigenvalue weighted by molar-refractivity contribution is 5.70. The van der Waals surface area contributed by atoms with Gasteiger partial charge in [0, 0.05) is 18.4 Å². The van der Waals surface area contributed by atoms with Crippen LogP contribution >= 0.6 is 0 Å². The van der Waals surface area contributed by atoms with Gasteiger partial charge in [-0.05, 0) is 6.42 Å². The fourth-order valence-corrected chi connectivity index (χ4v) is 3.25. The highest BCUT2D eigenvalue weighted by Gasteiger charge is 2.46. The van der Waals surface area contributed by atoms with E-state index in [1.165, 1.54) is 0 Å². The van der Waals surface area contributed by atoms with E-state index in [1.54, 1.807) is 0 Å². The number of carbonyl (C=O) groups excluding carboxylic acids is 1. The number of rotatable bonds is 1. The molecule has 1 unspecified atom stereocenters. The van der Waals surface area contributed by atoms with E-state index in [9.17, 15) is 4.79 Å². The summed E-state index contributed by atoms with van der Waals surface area (Å²) in [6, 6.07) is 9.86. The van der Waals surface area contributed by atoms with E-state index < -0.39 is 0 Å². The summed E-state index contributed by atoms with van der Waals surface area (Å²) in [5.74, 6) is -0.134. The van der Waals surface area contributed by atoms with Crippen LogP contribution in [0.4, 0.5) is 0 Å². The van der Waals surface area contributed by atoms with Gasteiger partial charge < -0.3 is 18.9 Å². The van der Waals surface area contributed by atoms with Crippen molar-refractivity contribution in [3.63, 3.8) is 0 Å². The molecule has 3 heterocycles. The van der Waals surface area contributed by atoms with Crippen LogP contribution in [0.3, 0.4) is 0 Å². The lowest BCUT2D eigenvalue weighted by Gasteiger charge is -2.46. The molecule has 112 valence electrons. The van der Waals surface area contributed by atoms with Crippen molar-refractivity contribution < 1.29 is 23.7 Å². The van der Waals surface area contributed by atoms with Gasteiger partial charge in [-0.2, -0.15) is 0 Å². The number of esters is 1. The highest BCUT2D eigenvalue weighted by atomic mass is 16.7. The number of ether oxygens (including phenoxy) is 4. The van der Waals surface area contributed by atoms with Gasteiger partial charge in [0.1, 0.15) is 12.2 Å². The summed E-state index contributed by atoms with van der Waals surface area (Å²) < 4.78 is 23.2. The zero-order chi connectivity index (χ0) is 14.2. The summed E-state index contributed by atoms with van der Waals surface area (Å²) in [5.41, 5.74) is 0.999. The van der Waals surface area contributed by atoms with Crippen LogP contribution in [-0.4, -0.2) is 37.0 Å². The molecule has 3 aliphatic rings. The molecule has 1 aromatic rings. The Kier molecular flexibility index (Phi) is 3.41. The first-order valence-corrected chi connectivity index (χ1v) is 7.46. The first kappa shape index (κ1) is 13.2. The highest BCUT2D eigenvalue weighted by Crippen LogP contribution is 2.37. The maximum atomic E-state index is 11.4. The van der Waals surface area contributed by atoms with Crippen molar-refractivity contribution in [2.75, 3.05) is 6.61 Å². The monoisotopic (exact) mass is 290 g/mol. The van der Waals surface area contributed by atoms with Crippen LogP contribution in [0.25, 0.3) is 0 Å². The zero-order valence-corrected chi connectivity index (χ0v) is 11.6. The molecule has 5 atom stereocenters. The Balaban J connectivity index is 1.46. The summed E-state index contributed by atoms with van der Waals surface area (Å²) in [5, 5.41) is 0. The van der Waals surface area contributed by atoms with Crippen LogP contribution in [0, 0.1) is 0 Å². The van der Waals surface area contributed by atoms with Gasteiger partial charge >= 0.3 is 5.97 Å². The molecule has 0 aromatic heterocycles. The van der Waals surface area contributed by atoms with Crippen LogP contribution in [0.15, 0.2) is 30.3 Å². The predicted molar refractivity (Wildman–Crippen MR) is 72.4 cm³/mol. The lowest BCUT2D eigenvalue weighted by molar-refractivity contribution is -0.306. The molecule has 5 heteroatoms. The first-order chi connectivity index (χ1) is 10.3. The van der Waals surface area contributed by atoms with E-state index >= 15 is 0 Å². The second-order valence-corrected chi connectivity index (χ2v) is 5.77. The van der Waals surface area contributed by atoms with Gasteiger partial charge in [0.2, 0.25) is 0 Å². The molecule has 21 heavy (non-hydrogen) atoms. The second-order valence-electron chi connectivity index (χ2n) is 5.77. The van der Waals surface area contributed by atoms with Crippen molar-refractivity contribution >= 4 is 5.97 Å². The van der Waals surface area contributed by atoms with Gasteiger partial charge in [-0.1, -0.05) is 30.3 Å². The van der Waals surface area contributed by atoms with Crippen molar-refractivity contribution in [3.8, 4) is 0 Å². The molecule has 0 saturated carbocycles. The molecular formula is C16H18O5. The van der Waals surface area contributed by atoms with Crippen LogP contribution in [-0.2, 0) is 23.7 Å². The van der Waals surface area contributed by atoms with Crippen molar-refractivity contribution in [1.82, 2.24) is 0 Å². The largest absolute Gasteiger partial charge is 0.459 e. The predicted octanol–water partition coefficient (Wildman–Crippen LogP) is 1.96. The molecule has 0 amide bonds. The third-order valence-electron chi connectivity index (χ3n) is 4.34. The number of benzene rings is 1. The number of hydrogen-bond donors (Lipinski definition) is 0. The Hall–Kier alpha value is -1.43. The van der Waals surface area contributed by atoms with E-state index in [2.05, 4.69) is 0 Å². The maximum Gasteiger partial charge on any atom is 0.306 e. The van der Waals surface area contributed by atoms with Gasteiger partial charge in [0.25, 0.3) is 0 Å². The molecular weight excluding hydrogens is 272 g/mol. The minimum absolute atomic E-state index is 0.00979. The van der Waals surface area contributed by atoms with Gasteiger partial charge in [-0.15, -0.1) is 0 Å². The van der Waals surface area contributed by atoms with Crippen LogP contribution in [0.2, 0.25) is 0 Å². The third-order valence-corrected chi connectivity index (χ3v) is 4.34. The van der Waals surface area contributed by atoms with Crippen molar-refractivity contribution in [1.29, 1.82) is 0 Å². The molecule has 3 fully saturated rings. The minimum atomic E-state index is -0.369. The molecule has 0 spiro atoms. The SMILES string of the molecule is O=C1CC[C@@H]2O[C@@H]3COC(c4ccccc4)O[C@H]3C[C@H]2O1. The molecule has 3 saturated heterocycles. The van der Waals surface area contributed by atoms with E-state index in [-0.39, 0.29) is 36.7 Å². The quantitative estimate of drug-likeness (QED) is 0.740. The molecule has 0 radical (unpaired) electrons. The van der Waals surface area contributed by atoms with E-state index in [1.807, 2.05) is 30.3 Å². The number of carbonyl (C=O) groups is 1. The molecule has 3 aliphatic heterocycles. The summed E-state index contributed by atoms with van der Waals surface area (Å²) >= 11 is 0. The number of fused-ring (bicyclic) bond motifs is 2. The van der Waals surface area contributed by atoms with E-state index in [0.29, 0.717) is 19.4 Å². The minimum Gasteiger partial charge on any atom is -0.459 e. The maximum absolute atomic E-state index is 11.4. The average Bonchev–Trinajstić information content (AvgIpc) is 2.53. The number of hydrogen-bond acceptors (Lipinski definition) is 5.